The van der Waals surface area contributed by atoms with Gasteiger partial charge in [-0.05, 0) is 32.3 Å². The van der Waals surface area contributed by atoms with Crippen LogP contribution in [0.25, 0.3) is 0 Å². The zero-order valence-corrected chi connectivity index (χ0v) is 15.2. The molecule has 0 spiro atoms. The number of amides is 2. The Kier molecular flexibility index (Phi) is 5.42. The zero-order chi connectivity index (χ0) is 17.9. The molecular weight excluding hydrogens is 316 g/mol. The lowest BCUT2D eigenvalue weighted by Crippen LogP contribution is -2.51. The monoisotopic (exact) mass is 344 g/mol. The van der Waals surface area contributed by atoms with E-state index in [1.165, 1.54) is 0 Å². The fourth-order valence-corrected chi connectivity index (χ4v) is 3.93. The van der Waals surface area contributed by atoms with Crippen molar-refractivity contribution in [1.29, 1.82) is 0 Å². The van der Waals surface area contributed by atoms with E-state index in [-0.39, 0.29) is 24.0 Å². The number of hydrogen-bond acceptors (Lipinski definition) is 3. The molecule has 1 aromatic rings. The third kappa shape index (κ3) is 3.87. The Morgan fingerprint density at radius 1 is 1.16 bits per heavy atom. The normalized spacial score (nSPS) is 25.1. The Morgan fingerprint density at radius 3 is 2.36 bits per heavy atom. The van der Waals surface area contributed by atoms with E-state index in [0.717, 1.165) is 24.8 Å². The molecule has 1 aliphatic heterocycles. The maximum atomic E-state index is 12.8. The Hall–Kier alpha value is -1.88. The van der Waals surface area contributed by atoms with Crippen molar-refractivity contribution in [2.24, 2.45) is 0 Å². The van der Waals surface area contributed by atoms with Gasteiger partial charge in [-0.1, -0.05) is 36.8 Å². The molecule has 3 rings (SSSR count). The first-order chi connectivity index (χ1) is 12.0. The Labute approximate surface area is 149 Å². The van der Waals surface area contributed by atoms with Gasteiger partial charge >= 0.3 is 0 Å². The molecule has 136 valence electrons. The smallest absolute Gasteiger partial charge is 0.230 e. The Balaban J connectivity index is 1.51. The molecule has 1 aliphatic carbocycles. The van der Waals surface area contributed by atoms with Crippen molar-refractivity contribution in [3.05, 3.63) is 35.9 Å². The van der Waals surface area contributed by atoms with Gasteiger partial charge in [0.2, 0.25) is 11.8 Å². The second kappa shape index (κ2) is 7.56. The molecule has 2 unspecified atom stereocenters. The van der Waals surface area contributed by atoms with Crippen molar-refractivity contribution < 1.29 is 14.3 Å². The third-order valence-electron chi connectivity index (χ3n) is 5.36. The number of morpholine rings is 1. The second-order valence-electron chi connectivity index (χ2n) is 7.36. The molecule has 5 nitrogen and oxygen atoms in total. The number of benzene rings is 1. The maximum Gasteiger partial charge on any atom is 0.230 e. The first-order valence-corrected chi connectivity index (χ1v) is 9.28. The molecule has 25 heavy (non-hydrogen) atoms. The molecule has 2 amide bonds. The molecule has 0 aromatic heterocycles. The number of nitrogens with zero attached hydrogens (tertiary/aromatic N) is 1. The van der Waals surface area contributed by atoms with E-state index in [9.17, 15) is 9.59 Å². The van der Waals surface area contributed by atoms with Crippen molar-refractivity contribution >= 4 is 11.8 Å². The zero-order valence-electron chi connectivity index (χ0n) is 15.2. The standard InChI is InChI=1S/C20H28N2O3/c1-15-13-22(14-16(2)25-15)18(23)9-12-21-19(24)20(10-6-11-20)17-7-4-3-5-8-17/h3-5,7-8,15-16H,6,9-14H2,1-2H3,(H,21,24). The van der Waals surface area contributed by atoms with Crippen molar-refractivity contribution in [3.8, 4) is 0 Å². The van der Waals surface area contributed by atoms with Gasteiger partial charge in [0.25, 0.3) is 0 Å². The summed E-state index contributed by atoms with van der Waals surface area (Å²) in [5.41, 5.74) is 0.688. The quantitative estimate of drug-likeness (QED) is 0.891. The molecule has 2 atom stereocenters. The van der Waals surface area contributed by atoms with Crippen LogP contribution in [-0.2, 0) is 19.7 Å². The van der Waals surface area contributed by atoms with Crippen LogP contribution in [0.2, 0.25) is 0 Å². The minimum atomic E-state index is -0.397. The molecular formula is C20H28N2O3. The minimum absolute atomic E-state index is 0.0569. The van der Waals surface area contributed by atoms with Gasteiger partial charge in [0, 0.05) is 26.1 Å². The molecule has 2 fully saturated rings. The van der Waals surface area contributed by atoms with E-state index < -0.39 is 5.41 Å². The Morgan fingerprint density at radius 2 is 1.80 bits per heavy atom. The number of rotatable bonds is 5. The second-order valence-corrected chi connectivity index (χ2v) is 7.36. The maximum absolute atomic E-state index is 12.8. The van der Waals surface area contributed by atoms with Crippen LogP contribution in [0, 0.1) is 0 Å². The molecule has 0 radical (unpaired) electrons. The molecule has 5 heteroatoms. The minimum Gasteiger partial charge on any atom is -0.372 e. The highest BCUT2D eigenvalue weighted by atomic mass is 16.5. The molecule has 1 heterocycles. The van der Waals surface area contributed by atoms with Gasteiger partial charge in [-0.2, -0.15) is 0 Å². The molecule has 1 saturated carbocycles. The first-order valence-electron chi connectivity index (χ1n) is 9.28. The van der Waals surface area contributed by atoms with Gasteiger partial charge in [0.05, 0.1) is 17.6 Å². The van der Waals surface area contributed by atoms with E-state index in [1.807, 2.05) is 49.1 Å². The van der Waals surface area contributed by atoms with E-state index in [4.69, 9.17) is 4.74 Å². The summed E-state index contributed by atoms with van der Waals surface area (Å²) in [5.74, 6) is 0.145. The van der Waals surface area contributed by atoms with Gasteiger partial charge in [0.1, 0.15) is 0 Å². The average Bonchev–Trinajstić information content (AvgIpc) is 2.54. The highest BCUT2D eigenvalue weighted by molar-refractivity contribution is 5.89. The number of nitrogens with one attached hydrogen (secondary N) is 1. The van der Waals surface area contributed by atoms with Gasteiger partial charge < -0.3 is 15.0 Å². The molecule has 1 aromatic carbocycles. The summed E-state index contributed by atoms with van der Waals surface area (Å²) in [6, 6.07) is 9.98. The largest absolute Gasteiger partial charge is 0.372 e. The highest BCUT2D eigenvalue weighted by Gasteiger charge is 2.45. The van der Waals surface area contributed by atoms with Crippen molar-refractivity contribution in [2.45, 2.75) is 57.2 Å². The lowest BCUT2D eigenvalue weighted by Gasteiger charge is -2.40. The lowest BCUT2D eigenvalue weighted by molar-refractivity contribution is -0.143. The summed E-state index contributed by atoms with van der Waals surface area (Å²) >= 11 is 0. The van der Waals surface area contributed by atoms with E-state index >= 15 is 0 Å². The van der Waals surface area contributed by atoms with Crippen LogP contribution in [0.1, 0.15) is 45.1 Å². The summed E-state index contributed by atoms with van der Waals surface area (Å²) in [4.78, 5) is 27.0. The van der Waals surface area contributed by atoms with Crippen LogP contribution in [0.4, 0.5) is 0 Å². The fourth-order valence-electron chi connectivity index (χ4n) is 3.93. The van der Waals surface area contributed by atoms with Crippen LogP contribution in [0.5, 0.6) is 0 Å². The topological polar surface area (TPSA) is 58.6 Å². The summed E-state index contributed by atoms with van der Waals surface area (Å²) < 4.78 is 5.66. The van der Waals surface area contributed by atoms with Crippen molar-refractivity contribution in [2.75, 3.05) is 19.6 Å². The number of carbonyl (C=O) groups is 2. The average molecular weight is 344 g/mol. The van der Waals surface area contributed by atoms with Crippen LogP contribution in [-0.4, -0.2) is 48.6 Å². The predicted molar refractivity (Wildman–Crippen MR) is 96.2 cm³/mol. The number of carbonyl (C=O) groups excluding carboxylic acids is 2. The fraction of sp³-hybridized carbons (Fsp3) is 0.600. The first kappa shape index (κ1) is 17.9. The van der Waals surface area contributed by atoms with Crippen molar-refractivity contribution in [1.82, 2.24) is 10.2 Å². The predicted octanol–water partition coefficient (Wildman–Crippen LogP) is 2.25. The van der Waals surface area contributed by atoms with Gasteiger partial charge in [-0.3, -0.25) is 9.59 Å². The van der Waals surface area contributed by atoms with Gasteiger partial charge in [-0.15, -0.1) is 0 Å². The summed E-state index contributed by atoms with van der Waals surface area (Å²) in [7, 11) is 0. The SMILES string of the molecule is CC1CN(C(=O)CCNC(=O)C2(c3ccccc3)CCC2)CC(C)O1. The van der Waals surface area contributed by atoms with Gasteiger partial charge in [-0.25, -0.2) is 0 Å². The number of ether oxygens (including phenoxy) is 1. The molecule has 2 aliphatic rings. The summed E-state index contributed by atoms with van der Waals surface area (Å²) in [6.07, 6.45) is 3.32. The van der Waals surface area contributed by atoms with Gasteiger partial charge in [0.15, 0.2) is 0 Å². The Bertz CT molecular complexity index is 603. The van der Waals surface area contributed by atoms with Crippen molar-refractivity contribution in [3.63, 3.8) is 0 Å². The van der Waals surface area contributed by atoms with E-state index in [1.54, 1.807) is 0 Å². The molecule has 1 N–H and O–H groups in total. The lowest BCUT2D eigenvalue weighted by atomic mass is 9.64. The number of hydrogen-bond donors (Lipinski definition) is 1. The van der Waals surface area contributed by atoms with Crippen LogP contribution in [0.15, 0.2) is 30.3 Å². The summed E-state index contributed by atoms with van der Waals surface area (Å²) in [5, 5.41) is 3.00. The highest BCUT2D eigenvalue weighted by Crippen LogP contribution is 2.43. The van der Waals surface area contributed by atoms with E-state index in [0.29, 0.717) is 26.1 Å². The molecule has 0 bridgehead atoms. The van der Waals surface area contributed by atoms with Crippen LogP contribution < -0.4 is 5.32 Å². The van der Waals surface area contributed by atoms with Crippen LogP contribution >= 0.6 is 0 Å². The third-order valence-corrected chi connectivity index (χ3v) is 5.36. The summed E-state index contributed by atoms with van der Waals surface area (Å²) in [6.45, 7) is 5.62. The van der Waals surface area contributed by atoms with E-state index in [2.05, 4.69) is 5.32 Å². The van der Waals surface area contributed by atoms with Crippen LogP contribution in [0.3, 0.4) is 0 Å². The molecule has 1 saturated heterocycles.